The molecule has 1 aromatic carbocycles. The second-order valence-electron chi connectivity index (χ2n) is 4.15. The van der Waals surface area contributed by atoms with Crippen molar-refractivity contribution in [1.82, 2.24) is 0 Å². The second kappa shape index (κ2) is 7.19. The molecule has 1 aliphatic rings. The molecule has 2 rings (SSSR count). The zero-order valence-electron chi connectivity index (χ0n) is 11.7. The Morgan fingerprint density at radius 3 is 3.10 bits per heavy atom. The minimum atomic E-state index is -0.537. The number of nitrogens with zero attached hydrogens (tertiary/aromatic N) is 2. The fraction of sp³-hybridized carbons (Fsp3) is 0.429. The zero-order chi connectivity index (χ0) is 14.4. The highest BCUT2D eigenvalue weighted by Crippen LogP contribution is 2.27. The first kappa shape index (κ1) is 14.7. The Hall–Kier alpha value is -1.69. The summed E-state index contributed by atoms with van der Waals surface area (Å²) in [5.74, 6) is 1.74. The highest BCUT2D eigenvalue weighted by molar-refractivity contribution is 8.14. The lowest BCUT2D eigenvalue weighted by molar-refractivity contribution is 0.163. The molecule has 1 aromatic rings. The van der Waals surface area contributed by atoms with Crippen LogP contribution in [0.3, 0.4) is 0 Å². The number of hydrogen-bond acceptors (Lipinski definition) is 4. The van der Waals surface area contributed by atoms with Crippen molar-refractivity contribution in [3.63, 3.8) is 0 Å². The number of amidine groups is 1. The second-order valence-corrected chi connectivity index (χ2v) is 5.21. The smallest absolute Gasteiger partial charge is 0.436 e. The molecule has 0 spiro atoms. The molecular formula is C14H18N2O3S. The Kier molecular flexibility index (Phi) is 5.29. The molecule has 6 heteroatoms. The van der Waals surface area contributed by atoms with E-state index in [-0.39, 0.29) is 0 Å². The first-order valence-electron chi connectivity index (χ1n) is 6.54. The summed E-state index contributed by atoms with van der Waals surface area (Å²) in [4.78, 5) is 17.6. The molecule has 1 aliphatic heterocycles. The number of carbonyl (C=O) groups is 1. The number of anilines is 1. The third kappa shape index (κ3) is 3.66. The van der Waals surface area contributed by atoms with Crippen LogP contribution in [0.25, 0.3) is 0 Å². The van der Waals surface area contributed by atoms with Gasteiger partial charge in [0.05, 0.1) is 13.7 Å². The van der Waals surface area contributed by atoms with E-state index >= 15 is 0 Å². The van der Waals surface area contributed by atoms with Crippen LogP contribution < -0.4 is 9.64 Å². The van der Waals surface area contributed by atoms with E-state index in [9.17, 15) is 4.79 Å². The fourth-order valence-corrected chi connectivity index (χ4v) is 2.85. The Morgan fingerprint density at radius 2 is 2.35 bits per heavy atom. The van der Waals surface area contributed by atoms with E-state index in [1.54, 1.807) is 25.8 Å². The van der Waals surface area contributed by atoms with Gasteiger partial charge in [-0.05, 0) is 25.5 Å². The van der Waals surface area contributed by atoms with Gasteiger partial charge >= 0.3 is 6.09 Å². The number of aliphatic imine (C=N–C) groups is 1. The maximum Gasteiger partial charge on any atom is 0.436 e. The van der Waals surface area contributed by atoms with E-state index in [0.717, 1.165) is 30.2 Å². The Labute approximate surface area is 123 Å². The van der Waals surface area contributed by atoms with Crippen LogP contribution in [0.1, 0.15) is 13.3 Å². The summed E-state index contributed by atoms with van der Waals surface area (Å²) >= 11 is 1.57. The minimum absolute atomic E-state index is 0.333. The highest BCUT2D eigenvalue weighted by Gasteiger charge is 2.20. The molecule has 5 nitrogen and oxygen atoms in total. The van der Waals surface area contributed by atoms with Gasteiger partial charge in [-0.15, -0.1) is 0 Å². The van der Waals surface area contributed by atoms with Crippen molar-refractivity contribution >= 4 is 28.7 Å². The van der Waals surface area contributed by atoms with Gasteiger partial charge in [-0.25, -0.2) is 4.79 Å². The van der Waals surface area contributed by atoms with Crippen LogP contribution in [0.4, 0.5) is 10.5 Å². The van der Waals surface area contributed by atoms with Crippen LogP contribution in [-0.4, -0.2) is 37.3 Å². The molecule has 0 atom stereocenters. The molecule has 1 fully saturated rings. The molecule has 108 valence electrons. The molecule has 20 heavy (non-hydrogen) atoms. The molecule has 0 unspecified atom stereocenters. The molecule has 0 aromatic heterocycles. The molecular weight excluding hydrogens is 276 g/mol. The third-order valence-electron chi connectivity index (χ3n) is 2.81. The van der Waals surface area contributed by atoms with Crippen molar-refractivity contribution in [2.24, 2.45) is 4.99 Å². The number of amides is 1. The monoisotopic (exact) mass is 294 g/mol. The van der Waals surface area contributed by atoms with Gasteiger partial charge in [0.25, 0.3) is 0 Å². The van der Waals surface area contributed by atoms with E-state index in [4.69, 9.17) is 9.47 Å². The number of hydrogen-bond donors (Lipinski definition) is 0. The molecule has 1 saturated heterocycles. The van der Waals surface area contributed by atoms with Crippen molar-refractivity contribution in [1.29, 1.82) is 0 Å². The maximum atomic E-state index is 11.5. The van der Waals surface area contributed by atoms with Crippen molar-refractivity contribution in [3.05, 3.63) is 24.3 Å². The lowest BCUT2D eigenvalue weighted by Crippen LogP contribution is -2.34. The minimum Gasteiger partial charge on any atom is -0.497 e. The van der Waals surface area contributed by atoms with Gasteiger partial charge in [0.15, 0.2) is 5.17 Å². The van der Waals surface area contributed by atoms with E-state index in [0.29, 0.717) is 11.8 Å². The normalized spacial score (nSPS) is 17.1. The van der Waals surface area contributed by atoms with Gasteiger partial charge < -0.3 is 14.4 Å². The lowest BCUT2D eigenvalue weighted by Gasteiger charge is -2.29. The van der Waals surface area contributed by atoms with E-state index in [1.807, 2.05) is 29.2 Å². The Balaban J connectivity index is 2.23. The maximum absolute atomic E-state index is 11.5. The van der Waals surface area contributed by atoms with Gasteiger partial charge in [-0.3, -0.25) is 0 Å². The summed E-state index contributed by atoms with van der Waals surface area (Å²) in [7, 11) is 1.64. The summed E-state index contributed by atoms with van der Waals surface area (Å²) in [6.45, 7) is 2.93. The number of benzene rings is 1. The number of ether oxygens (including phenoxy) is 2. The van der Waals surface area contributed by atoms with Crippen LogP contribution in [0, 0.1) is 0 Å². The number of methoxy groups -OCH3 is 1. The van der Waals surface area contributed by atoms with Crippen LogP contribution in [-0.2, 0) is 4.74 Å². The van der Waals surface area contributed by atoms with E-state index in [2.05, 4.69) is 4.99 Å². The van der Waals surface area contributed by atoms with E-state index < -0.39 is 6.09 Å². The molecule has 0 aliphatic carbocycles. The zero-order valence-corrected chi connectivity index (χ0v) is 12.5. The number of rotatable bonds is 3. The molecule has 0 bridgehead atoms. The van der Waals surface area contributed by atoms with Gasteiger partial charge in [0.2, 0.25) is 0 Å². The van der Waals surface area contributed by atoms with Crippen LogP contribution in [0.5, 0.6) is 5.75 Å². The van der Waals surface area contributed by atoms with Crippen LogP contribution >= 0.6 is 11.8 Å². The molecule has 0 radical (unpaired) electrons. The van der Waals surface area contributed by atoms with Crippen molar-refractivity contribution in [2.45, 2.75) is 13.3 Å². The number of carbonyl (C=O) groups excluding carboxylic acids is 1. The molecule has 0 N–H and O–H groups in total. The van der Waals surface area contributed by atoms with Gasteiger partial charge in [0, 0.05) is 24.1 Å². The summed E-state index contributed by atoms with van der Waals surface area (Å²) in [5.41, 5.74) is 0.972. The van der Waals surface area contributed by atoms with Crippen molar-refractivity contribution in [3.8, 4) is 5.75 Å². The Bertz CT molecular complexity index is 505. The highest BCUT2D eigenvalue weighted by atomic mass is 32.2. The average Bonchev–Trinajstić information content (AvgIpc) is 2.48. The predicted octanol–water partition coefficient (Wildman–Crippen LogP) is 3.15. The van der Waals surface area contributed by atoms with Crippen molar-refractivity contribution in [2.75, 3.05) is 30.9 Å². The molecule has 1 amide bonds. The quantitative estimate of drug-likeness (QED) is 0.857. The third-order valence-corrected chi connectivity index (χ3v) is 3.87. The SMILES string of the molecule is CCOC(=O)N=C1SCCCN1c1cccc(OC)c1. The van der Waals surface area contributed by atoms with Crippen LogP contribution in [0.2, 0.25) is 0 Å². The first-order chi connectivity index (χ1) is 9.74. The van der Waals surface area contributed by atoms with Crippen molar-refractivity contribution < 1.29 is 14.3 Å². The summed E-state index contributed by atoms with van der Waals surface area (Å²) < 4.78 is 10.1. The molecule has 0 saturated carbocycles. The summed E-state index contributed by atoms with van der Waals surface area (Å²) in [5, 5.41) is 0.683. The summed E-state index contributed by atoms with van der Waals surface area (Å²) in [6, 6.07) is 7.74. The first-order valence-corrected chi connectivity index (χ1v) is 7.53. The van der Waals surface area contributed by atoms with E-state index in [1.165, 1.54) is 0 Å². The lowest BCUT2D eigenvalue weighted by atomic mass is 10.2. The van der Waals surface area contributed by atoms with Gasteiger partial charge in [-0.2, -0.15) is 4.99 Å². The molecule has 1 heterocycles. The van der Waals surface area contributed by atoms with Gasteiger partial charge in [-0.1, -0.05) is 17.8 Å². The number of thioether (sulfide) groups is 1. The Morgan fingerprint density at radius 1 is 1.50 bits per heavy atom. The standard InChI is InChI=1S/C14H18N2O3S/c1-3-19-14(17)15-13-16(8-5-9-20-13)11-6-4-7-12(10-11)18-2/h4,6-7,10H,3,5,8-9H2,1-2H3. The predicted molar refractivity (Wildman–Crippen MR) is 81.9 cm³/mol. The fourth-order valence-electron chi connectivity index (χ4n) is 1.90. The average molecular weight is 294 g/mol. The van der Waals surface area contributed by atoms with Crippen LogP contribution in [0.15, 0.2) is 29.3 Å². The van der Waals surface area contributed by atoms with Gasteiger partial charge in [0.1, 0.15) is 5.75 Å². The topological polar surface area (TPSA) is 51.1 Å². The summed E-state index contributed by atoms with van der Waals surface area (Å²) in [6.07, 6.45) is 0.508. The largest absolute Gasteiger partial charge is 0.497 e.